The number of ether oxygens (including phenoxy) is 1. The van der Waals surface area contributed by atoms with Gasteiger partial charge in [-0.3, -0.25) is 13.9 Å². The molecular formula is C30H36ClN3O5S. The van der Waals surface area contributed by atoms with Crippen molar-refractivity contribution >= 4 is 39.1 Å². The lowest BCUT2D eigenvalue weighted by atomic mass is 10.1. The van der Waals surface area contributed by atoms with Gasteiger partial charge in [0, 0.05) is 18.1 Å². The number of carbonyl (C=O) groups excluding carboxylic acids is 2. The summed E-state index contributed by atoms with van der Waals surface area (Å²) < 4.78 is 34.0. The van der Waals surface area contributed by atoms with Crippen LogP contribution in [0.5, 0.6) is 5.75 Å². The molecule has 0 unspecified atom stereocenters. The average molecular weight is 586 g/mol. The first kappa shape index (κ1) is 31.0. The zero-order valence-corrected chi connectivity index (χ0v) is 25.0. The second-order valence-electron chi connectivity index (χ2n) is 9.94. The first-order chi connectivity index (χ1) is 18.9. The fraction of sp³-hybridized carbons (Fsp3) is 0.333. The van der Waals surface area contributed by atoms with E-state index in [1.807, 2.05) is 13.8 Å². The van der Waals surface area contributed by atoms with Gasteiger partial charge >= 0.3 is 0 Å². The average Bonchev–Trinajstić information content (AvgIpc) is 2.94. The van der Waals surface area contributed by atoms with Gasteiger partial charge in [-0.2, -0.15) is 0 Å². The summed E-state index contributed by atoms with van der Waals surface area (Å²) in [5.41, 5.74) is 1.67. The monoisotopic (exact) mass is 585 g/mol. The predicted molar refractivity (Wildman–Crippen MR) is 158 cm³/mol. The van der Waals surface area contributed by atoms with Crippen molar-refractivity contribution in [1.82, 2.24) is 10.2 Å². The van der Waals surface area contributed by atoms with Crippen LogP contribution in [0.2, 0.25) is 5.02 Å². The molecule has 0 saturated carbocycles. The van der Waals surface area contributed by atoms with Crippen LogP contribution >= 0.6 is 11.6 Å². The fourth-order valence-corrected chi connectivity index (χ4v) is 5.82. The van der Waals surface area contributed by atoms with Crippen LogP contribution in [0.4, 0.5) is 5.69 Å². The van der Waals surface area contributed by atoms with Gasteiger partial charge in [-0.05, 0) is 73.4 Å². The maximum atomic E-state index is 14.0. The molecule has 1 N–H and O–H groups in total. The Morgan fingerprint density at radius 3 is 2.20 bits per heavy atom. The molecule has 0 radical (unpaired) electrons. The van der Waals surface area contributed by atoms with E-state index in [-0.39, 0.29) is 23.3 Å². The number of benzene rings is 3. The predicted octanol–water partition coefficient (Wildman–Crippen LogP) is 5.04. The van der Waals surface area contributed by atoms with Crippen LogP contribution in [0.3, 0.4) is 0 Å². The molecule has 0 aliphatic rings. The van der Waals surface area contributed by atoms with E-state index < -0.39 is 28.5 Å². The summed E-state index contributed by atoms with van der Waals surface area (Å²) in [5, 5.41) is 3.32. The standard InChI is InChI=1S/C30H36ClN3O5S/c1-21(2)18-32-30(36)23(4)33(19-24-11-14-26(39-5)15-12-24)29(35)20-34(28-16-13-25(31)17-22(28)3)40(37,38)27-9-7-6-8-10-27/h6-17,21,23H,18-20H2,1-5H3,(H,32,36)/t23-/m1/s1. The first-order valence-corrected chi connectivity index (χ1v) is 14.8. The Bertz CT molecular complexity index is 1410. The van der Waals surface area contributed by atoms with Crippen LogP contribution in [-0.2, 0) is 26.2 Å². The summed E-state index contributed by atoms with van der Waals surface area (Å²) in [4.78, 5) is 28.5. The van der Waals surface area contributed by atoms with E-state index in [1.54, 1.807) is 81.6 Å². The van der Waals surface area contributed by atoms with Gasteiger partial charge in [-0.15, -0.1) is 0 Å². The van der Waals surface area contributed by atoms with Crippen molar-refractivity contribution in [3.8, 4) is 5.75 Å². The Balaban J connectivity index is 2.02. The quantitative estimate of drug-likeness (QED) is 0.321. The van der Waals surface area contributed by atoms with E-state index in [9.17, 15) is 18.0 Å². The normalized spacial score (nSPS) is 12.1. The molecule has 0 fully saturated rings. The van der Waals surface area contributed by atoms with E-state index in [1.165, 1.54) is 17.0 Å². The maximum absolute atomic E-state index is 14.0. The number of hydrogen-bond acceptors (Lipinski definition) is 5. The number of amides is 2. The number of hydrogen-bond donors (Lipinski definition) is 1. The van der Waals surface area contributed by atoms with E-state index >= 15 is 0 Å². The van der Waals surface area contributed by atoms with Gasteiger partial charge in [0.1, 0.15) is 18.3 Å². The van der Waals surface area contributed by atoms with E-state index in [0.29, 0.717) is 28.6 Å². The van der Waals surface area contributed by atoms with Crippen LogP contribution in [0, 0.1) is 12.8 Å². The number of methoxy groups -OCH3 is 1. The number of carbonyl (C=O) groups is 2. The van der Waals surface area contributed by atoms with Gasteiger partial charge in [0.25, 0.3) is 10.0 Å². The highest BCUT2D eigenvalue weighted by atomic mass is 35.5. The number of rotatable bonds is 12. The van der Waals surface area contributed by atoms with Gasteiger partial charge in [-0.1, -0.05) is 55.8 Å². The van der Waals surface area contributed by atoms with Crippen LogP contribution in [0.25, 0.3) is 0 Å². The molecule has 0 aliphatic carbocycles. The molecule has 0 saturated heterocycles. The lowest BCUT2D eigenvalue weighted by Gasteiger charge is -2.32. The summed E-state index contributed by atoms with van der Waals surface area (Å²) in [6.45, 7) is 7.36. The molecule has 1 atom stereocenters. The first-order valence-electron chi connectivity index (χ1n) is 13.0. The largest absolute Gasteiger partial charge is 0.497 e. The van der Waals surface area contributed by atoms with Crippen molar-refractivity contribution in [2.24, 2.45) is 5.92 Å². The maximum Gasteiger partial charge on any atom is 0.264 e. The lowest BCUT2D eigenvalue weighted by Crippen LogP contribution is -2.51. The molecule has 0 aliphatic heterocycles. The van der Waals surface area contributed by atoms with Crippen LogP contribution < -0.4 is 14.4 Å². The molecular weight excluding hydrogens is 550 g/mol. The van der Waals surface area contributed by atoms with Gasteiger partial charge in [0.15, 0.2) is 0 Å². The molecule has 0 bridgehead atoms. The van der Waals surface area contributed by atoms with Gasteiger partial charge < -0.3 is 15.0 Å². The van der Waals surface area contributed by atoms with Crippen molar-refractivity contribution in [3.05, 3.63) is 88.9 Å². The second-order valence-corrected chi connectivity index (χ2v) is 12.2. The molecule has 10 heteroatoms. The number of sulfonamides is 1. The molecule has 3 aromatic rings. The van der Waals surface area contributed by atoms with Crippen molar-refractivity contribution in [3.63, 3.8) is 0 Å². The smallest absolute Gasteiger partial charge is 0.264 e. The highest BCUT2D eigenvalue weighted by Crippen LogP contribution is 2.29. The Hall–Kier alpha value is -3.56. The van der Waals surface area contributed by atoms with Crippen LogP contribution in [0.1, 0.15) is 31.9 Å². The molecule has 0 aromatic heterocycles. The van der Waals surface area contributed by atoms with Crippen molar-refractivity contribution in [2.45, 2.75) is 45.2 Å². The topological polar surface area (TPSA) is 96.0 Å². The summed E-state index contributed by atoms with van der Waals surface area (Å²) in [6, 6.07) is 19.0. The molecule has 40 heavy (non-hydrogen) atoms. The van der Waals surface area contributed by atoms with E-state index in [4.69, 9.17) is 16.3 Å². The van der Waals surface area contributed by atoms with Crippen molar-refractivity contribution in [1.29, 1.82) is 0 Å². The third kappa shape index (κ3) is 7.76. The third-order valence-corrected chi connectivity index (χ3v) is 8.41. The summed E-state index contributed by atoms with van der Waals surface area (Å²) in [7, 11) is -2.58. The molecule has 0 heterocycles. The minimum atomic E-state index is -4.14. The molecule has 0 spiro atoms. The Morgan fingerprint density at radius 2 is 1.62 bits per heavy atom. The highest BCUT2D eigenvalue weighted by Gasteiger charge is 2.33. The Kier molecular flexibility index (Phi) is 10.6. The van der Waals surface area contributed by atoms with E-state index in [0.717, 1.165) is 9.87 Å². The minimum absolute atomic E-state index is 0.0431. The summed E-state index contributed by atoms with van der Waals surface area (Å²) >= 11 is 6.15. The molecule has 214 valence electrons. The fourth-order valence-electron chi connectivity index (χ4n) is 4.09. The van der Waals surface area contributed by atoms with Crippen molar-refractivity contribution in [2.75, 3.05) is 24.5 Å². The Labute approximate surface area is 241 Å². The van der Waals surface area contributed by atoms with Crippen molar-refractivity contribution < 1.29 is 22.7 Å². The number of aryl methyl sites for hydroxylation is 1. The number of halogens is 1. The molecule has 3 aromatic carbocycles. The second kappa shape index (κ2) is 13.7. The molecule has 8 nitrogen and oxygen atoms in total. The summed E-state index contributed by atoms with van der Waals surface area (Å²) in [6.07, 6.45) is 0. The van der Waals surface area contributed by atoms with Crippen LogP contribution in [-0.4, -0.2) is 51.4 Å². The summed E-state index contributed by atoms with van der Waals surface area (Å²) in [5.74, 6) is 0.0246. The minimum Gasteiger partial charge on any atom is -0.497 e. The highest BCUT2D eigenvalue weighted by molar-refractivity contribution is 7.92. The molecule has 3 rings (SSSR count). The van der Waals surface area contributed by atoms with Gasteiger partial charge in [-0.25, -0.2) is 8.42 Å². The lowest BCUT2D eigenvalue weighted by molar-refractivity contribution is -0.139. The number of anilines is 1. The van der Waals surface area contributed by atoms with Gasteiger partial charge in [0.05, 0.1) is 17.7 Å². The SMILES string of the molecule is COc1ccc(CN(C(=O)CN(c2ccc(Cl)cc2C)S(=O)(=O)c2ccccc2)[C@H](C)C(=O)NCC(C)C)cc1. The van der Waals surface area contributed by atoms with Crippen LogP contribution in [0.15, 0.2) is 77.7 Å². The number of nitrogens with zero attached hydrogens (tertiary/aromatic N) is 2. The zero-order valence-electron chi connectivity index (χ0n) is 23.4. The van der Waals surface area contributed by atoms with E-state index in [2.05, 4.69) is 5.32 Å². The molecule has 2 amide bonds. The number of nitrogens with one attached hydrogen (secondary N) is 1. The zero-order chi connectivity index (χ0) is 29.4. The Morgan fingerprint density at radius 1 is 0.975 bits per heavy atom. The third-order valence-electron chi connectivity index (χ3n) is 6.40. The van der Waals surface area contributed by atoms with Gasteiger partial charge in [0.2, 0.25) is 11.8 Å².